The lowest BCUT2D eigenvalue weighted by Crippen LogP contribution is -2.50. The van der Waals surface area contributed by atoms with Crippen molar-refractivity contribution in [1.29, 1.82) is 0 Å². The zero-order valence-electron chi connectivity index (χ0n) is 23.9. The molecule has 1 aromatic heterocycles. The predicted octanol–water partition coefficient (Wildman–Crippen LogP) is 4.45. The van der Waals surface area contributed by atoms with Gasteiger partial charge in [0.2, 0.25) is 11.8 Å². The SMILES string of the molecule is COc1cc(OC)cc([C@@H](C(=O)NC(C)(C)C)N(C(=O)Cn2nnc3ccccc32)c2cc(C)ccc2OC)c1. The topological polar surface area (TPSA) is 108 Å². The molecule has 0 bridgehead atoms. The van der Waals surface area contributed by atoms with Gasteiger partial charge < -0.3 is 19.5 Å². The van der Waals surface area contributed by atoms with Crippen LogP contribution in [0.4, 0.5) is 5.69 Å². The van der Waals surface area contributed by atoms with Crippen LogP contribution >= 0.6 is 0 Å². The van der Waals surface area contributed by atoms with Gasteiger partial charge in [-0.2, -0.15) is 0 Å². The molecule has 0 aliphatic carbocycles. The second-order valence-corrected chi connectivity index (χ2v) is 10.5. The summed E-state index contributed by atoms with van der Waals surface area (Å²) in [6.45, 7) is 7.40. The lowest BCUT2D eigenvalue weighted by molar-refractivity contribution is -0.128. The first kappa shape index (κ1) is 28.4. The van der Waals surface area contributed by atoms with Crippen LogP contribution in [0.5, 0.6) is 17.2 Å². The summed E-state index contributed by atoms with van der Waals surface area (Å²) in [6.07, 6.45) is 0. The van der Waals surface area contributed by atoms with E-state index in [1.165, 1.54) is 30.9 Å². The van der Waals surface area contributed by atoms with Gasteiger partial charge in [-0.25, -0.2) is 4.68 Å². The summed E-state index contributed by atoms with van der Waals surface area (Å²) in [5.41, 5.74) is 2.61. The third-order valence-electron chi connectivity index (χ3n) is 6.26. The van der Waals surface area contributed by atoms with Gasteiger partial charge in [0.15, 0.2) is 0 Å². The number of nitrogens with one attached hydrogen (secondary N) is 1. The Morgan fingerprint density at radius 3 is 2.25 bits per heavy atom. The number of aromatic nitrogens is 3. The van der Waals surface area contributed by atoms with Gasteiger partial charge in [-0.05, 0) is 75.2 Å². The lowest BCUT2D eigenvalue weighted by atomic mass is 9.99. The molecule has 0 aliphatic heterocycles. The first-order chi connectivity index (χ1) is 19.0. The van der Waals surface area contributed by atoms with E-state index in [2.05, 4.69) is 15.6 Å². The highest BCUT2D eigenvalue weighted by molar-refractivity contribution is 6.03. The van der Waals surface area contributed by atoms with Crippen LogP contribution in [0.1, 0.15) is 37.9 Å². The van der Waals surface area contributed by atoms with E-state index < -0.39 is 17.5 Å². The molecule has 0 aliphatic rings. The minimum absolute atomic E-state index is 0.169. The highest BCUT2D eigenvalue weighted by atomic mass is 16.5. The maximum atomic E-state index is 14.4. The van der Waals surface area contributed by atoms with Crippen molar-refractivity contribution in [3.63, 3.8) is 0 Å². The molecule has 4 aromatic rings. The number of nitrogens with zero attached hydrogens (tertiary/aromatic N) is 4. The molecule has 1 heterocycles. The van der Waals surface area contributed by atoms with Crippen LogP contribution in [-0.2, 0) is 16.1 Å². The number of benzene rings is 3. The lowest BCUT2D eigenvalue weighted by Gasteiger charge is -2.34. The van der Waals surface area contributed by atoms with Gasteiger partial charge in [-0.3, -0.25) is 14.5 Å². The second kappa shape index (κ2) is 11.6. The van der Waals surface area contributed by atoms with Crippen LogP contribution < -0.4 is 24.4 Å². The van der Waals surface area contributed by atoms with Gasteiger partial charge in [0, 0.05) is 11.6 Å². The average molecular weight is 546 g/mol. The fourth-order valence-corrected chi connectivity index (χ4v) is 4.49. The van der Waals surface area contributed by atoms with E-state index in [-0.39, 0.29) is 12.5 Å². The van der Waals surface area contributed by atoms with E-state index in [0.717, 1.165) is 5.56 Å². The summed E-state index contributed by atoms with van der Waals surface area (Å²) in [5, 5.41) is 11.4. The molecule has 40 heavy (non-hydrogen) atoms. The first-order valence-corrected chi connectivity index (χ1v) is 12.8. The molecule has 0 unspecified atom stereocenters. The summed E-state index contributed by atoms with van der Waals surface area (Å²) in [4.78, 5) is 29.9. The first-order valence-electron chi connectivity index (χ1n) is 12.8. The Bertz CT molecular complexity index is 1500. The maximum absolute atomic E-state index is 14.4. The summed E-state index contributed by atoms with van der Waals surface area (Å²) in [5.74, 6) is 0.618. The molecule has 210 valence electrons. The normalized spacial score (nSPS) is 12.1. The van der Waals surface area contributed by atoms with Crippen LogP contribution in [0.15, 0.2) is 60.7 Å². The maximum Gasteiger partial charge on any atom is 0.249 e. The van der Waals surface area contributed by atoms with Gasteiger partial charge in [-0.1, -0.05) is 23.4 Å². The van der Waals surface area contributed by atoms with Crippen LogP contribution in [0.25, 0.3) is 11.0 Å². The van der Waals surface area contributed by atoms with Crippen molar-refractivity contribution < 1.29 is 23.8 Å². The van der Waals surface area contributed by atoms with Gasteiger partial charge in [0.05, 0.1) is 32.5 Å². The molecule has 1 atom stereocenters. The van der Waals surface area contributed by atoms with Crippen LogP contribution in [0.2, 0.25) is 0 Å². The third kappa shape index (κ3) is 6.17. The molecular formula is C30H35N5O5. The number of amides is 2. The van der Waals surface area contributed by atoms with Gasteiger partial charge in [-0.15, -0.1) is 5.10 Å². The molecule has 0 spiro atoms. The molecule has 1 N–H and O–H groups in total. The summed E-state index contributed by atoms with van der Waals surface area (Å²) >= 11 is 0. The monoisotopic (exact) mass is 545 g/mol. The minimum atomic E-state index is -1.11. The van der Waals surface area contributed by atoms with E-state index in [1.807, 2.05) is 64.1 Å². The molecule has 0 saturated heterocycles. The highest BCUT2D eigenvalue weighted by Gasteiger charge is 2.37. The van der Waals surface area contributed by atoms with Gasteiger partial charge in [0.1, 0.15) is 35.4 Å². The minimum Gasteiger partial charge on any atom is -0.497 e. The zero-order valence-corrected chi connectivity index (χ0v) is 23.9. The van der Waals surface area contributed by atoms with Crippen molar-refractivity contribution in [2.24, 2.45) is 0 Å². The number of aryl methyl sites for hydroxylation is 1. The number of carbonyl (C=O) groups excluding carboxylic acids is 2. The number of hydrogen-bond donors (Lipinski definition) is 1. The Kier molecular flexibility index (Phi) is 8.27. The van der Waals surface area contributed by atoms with Crippen molar-refractivity contribution in [3.05, 3.63) is 71.8 Å². The number of methoxy groups -OCH3 is 3. The van der Waals surface area contributed by atoms with Crippen LogP contribution in [0.3, 0.4) is 0 Å². The largest absolute Gasteiger partial charge is 0.497 e. The van der Waals surface area contributed by atoms with Crippen molar-refractivity contribution in [3.8, 4) is 17.2 Å². The van der Waals surface area contributed by atoms with Gasteiger partial charge >= 0.3 is 0 Å². The Morgan fingerprint density at radius 2 is 1.62 bits per heavy atom. The number of fused-ring (bicyclic) bond motifs is 1. The highest BCUT2D eigenvalue weighted by Crippen LogP contribution is 2.38. The Labute approximate surface area is 233 Å². The van der Waals surface area contributed by atoms with Crippen LogP contribution in [0, 0.1) is 6.92 Å². The number of anilines is 1. The number of carbonyl (C=O) groups is 2. The van der Waals surface area contributed by atoms with E-state index in [1.54, 1.807) is 24.3 Å². The Balaban J connectivity index is 1.94. The molecule has 10 heteroatoms. The van der Waals surface area contributed by atoms with E-state index >= 15 is 0 Å². The van der Waals surface area contributed by atoms with Crippen molar-refractivity contribution in [1.82, 2.24) is 20.3 Å². The third-order valence-corrected chi connectivity index (χ3v) is 6.26. The van der Waals surface area contributed by atoms with Crippen molar-refractivity contribution >= 4 is 28.5 Å². The van der Waals surface area contributed by atoms with E-state index in [0.29, 0.717) is 39.5 Å². The summed E-state index contributed by atoms with van der Waals surface area (Å²) in [7, 11) is 4.59. The zero-order chi connectivity index (χ0) is 29.0. The number of para-hydroxylation sites is 1. The quantitative estimate of drug-likeness (QED) is 0.331. The predicted molar refractivity (Wildman–Crippen MR) is 153 cm³/mol. The van der Waals surface area contributed by atoms with E-state index in [4.69, 9.17) is 14.2 Å². The smallest absolute Gasteiger partial charge is 0.249 e. The molecule has 3 aromatic carbocycles. The molecule has 10 nitrogen and oxygen atoms in total. The Morgan fingerprint density at radius 1 is 0.950 bits per heavy atom. The summed E-state index contributed by atoms with van der Waals surface area (Å²) < 4.78 is 18.2. The molecule has 2 amide bonds. The number of rotatable bonds is 9. The van der Waals surface area contributed by atoms with Crippen molar-refractivity contribution in [2.75, 3.05) is 26.2 Å². The number of hydrogen-bond acceptors (Lipinski definition) is 7. The standard InChI is InChI=1S/C30H35N5O5/c1-19-12-13-26(40-7)25(14-19)35(27(36)18-34-24-11-9-8-10-23(24)32-33-34)28(29(37)31-30(2,3)4)20-15-21(38-5)17-22(16-20)39-6/h8-17,28H,18H2,1-7H3,(H,31,37)/t28-/m0/s1. The van der Waals surface area contributed by atoms with Gasteiger partial charge in [0.25, 0.3) is 0 Å². The summed E-state index contributed by atoms with van der Waals surface area (Å²) in [6, 6.07) is 16.9. The fraction of sp³-hybridized carbons (Fsp3) is 0.333. The van der Waals surface area contributed by atoms with Crippen molar-refractivity contribution in [2.45, 2.75) is 45.8 Å². The van der Waals surface area contributed by atoms with Crippen LogP contribution in [-0.4, -0.2) is 53.7 Å². The average Bonchev–Trinajstić information content (AvgIpc) is 3.32. The number of ether oxygens (including phenoxy) is 3. The Hall–Kier alpha value is -4.60. The molecule has 0 saturated carbocycles. The fourth-order valence-electron chi connectivity index (χ4n) is 4.49. The molecule has 4 rings (SSSR count). The van der Waals surface area contributed by atoms with E-state index in [9.17, 15) is 9.59 Å². The molecular weight excluding hydrogens is 510 g/mol. The second-order valence-electron chi connectivity index (χ2n) is 10.5. The molecule has 0 fully saturated rings. The molecule has 0 radical (unpaired) electrons.